The zero-order valence-corrected chi connectivity index (χ0v) is 18.4. The molecule has 1 aromatic carbocycles. The molecule has 162 valence electrons. The minimum absolute atomic E-state index is 0.0142. The van der Waals surface area contributed by atoms with Gasteiger partial charge < -0.3 is 14.2 Å². The van der Waals surface area contributed by atoms with Gasteiger partial charge >= 0.3 is 0 Å². The number of benzene rings is 1. The van der Waals surface area contributed by atoms with E-state index < -0.39 is 0 Å². The van der Waals surface area contributed by atoms with E-state index >= 15 is 0 Å². The minimum atomic E-state index is -0.0142. The highest BCUT2D eigenvalue weighted by Gasteiger charge is 2.44. The average Bonchev–Trinajstić information content (AvgIpc) is 3.21. The molecule has 6 nitrogen and oxygen atoms in total. The quantitative estimate of drug-likeness (QED) is 0.744. The van der Waals surface area contributed by atoms with Gasteiger partial charge in [0.05, 0.1) is 5.69 Å². The Balaban J connectivity index is 1.39. The lowest BCUT2D eigenvalue weighted by molar-refractivity contribution is -0.138. The van der Waals surface area contributed by atoms with Crippen molar-refractivity contribution in [3.63, 3.8) is 0 Å². The molecule has 2 saturated heterocycles. The number of nitrogens with zero attached hydrogens (tertiary/aromatic N) is 3. The molecular formula is C24H33N3O3. The second-order valence-corrected chi connectivity index (χ2v) is 8.86. The normalized spacial score (nSPS) is 22.4. The molecule has 2 aliphatic rings. The third kappa shape index (κ3) is 4.24. The van der Waals surface area contributed by atoms with Gasteiger partial charge in [-0.3, -0.25) is 9.69 Å². The highest BCUT2D eigenvalue weighted by Crippen LogP contribution is 2.39. The van der Waals surface area contributed by atoms with Crippen molar-refractivity contribution >= 4 is 5.91 Å². The van der Waals surface area contributed by atoms with Crippen LogP contribution in [0.3, 0.4) is 0 Å². The van der Waals surface area contributed by atoms with Crippen molar-refractivity contribution in [1.29, 1.82) is 0 Å². The third-order valence-electron chi connectivity index (χ3n) is 6.92. The number of rotatable bonds is 5. The number of ether oxygens (including phenoxy) is 1. The number of amides is 1. The number of hydrogen-bond acceptors (Lipinski definition) is 5. The van der Waals surface area contributed by atoms with Crippen LogP contribution in [-0.2, 0) is 11.3 Å². The number of para-hydroxylation sites is 1. The fraction of sp³-hybridized carbons (Fsp3) is 0.583. The topological polar surface area (TPSA) is 58.8 Å². The second-order valence-electron chi connectivity index (χ2n) is 8.86. The number of hydrogen-bond donors (Lipinski definition) is 0. The van der Waals surface area contributed by atoms with Crippen molar-refractivity contribution < 1.29 is 14.1 Å². The largest absolute Gasteiger partial charge is 0.484 e. The Morgan fingerprint density at radius 2 is 1.87 bits per heavy atom. The summed E-state index contributed by atoms with van der Waals surface area (Å²) in [5, 5.41) is 4.09. The Bertz CT molecular complexity index is 874. The summed E-state index contributed by atoms with van der Waals surface area (Å²) in [6.45, 7) is 9.89. The van der Waals surface area contributed by atoms with Crippen molar-refractivity contribution in [2.45, 2.75) is 65.0 Å². The van der Waals surface area contributed by atoms with Crippen LogP contribution >= 0.6 is 0 Å². The van der Waals surface area contributed by atoms with Crippen LogP contribution in [0.5, 0.6) is 5.75 Å². The van der Waals surface area contributed by atoms with Crippen LogP contribution in [0.25, 0.3) is 0 Å². The van der Waals surface area contributed by atoms with Crippen molar-refractivity contribution in [2.75, 3.05) is 26.2 Å². The number of carbonyl (C=O) groups excluding carboxylic acids is 1. The van der Waals surface area contributed by atoms with E-state index in [4.69, 9.17) is 9.26 Å². The molecule has 1 amide bonds. The molecule has 0 radical (unpaired) electrons. The predicted molar refractivity (Wildman–Crippen MR) is 115 cm³/mol. The van der Waals surface area contributed by atoms with Gasteiger partial charge in [-0.05, 0) is 71.0 Å². The summed E-state index contributed by atoms with van der Waals surface area (Å²) >= 11 is 0. The van der Waals surface area contributed by atoms with Gasteiger partial charge in [0.25, 0.3) is 5.91 Å². The lowest BCUT2D eigenvalue weighted by Crippen LogP contribution is -2.49. The lowest BCUT2D eigenvalue weighted by Gasteiger charge is -2.38. The summed E-state index contributed by atoms with van der Waals surface area (Å²) in [5.74, 6) is 1.83. The molecule has 3 heterocycles. The fourth-order valence-electron chi connectivity index (χ4n) is 5.13. The Hall–Kier alpha value is -2.34. The Morgan fingerprint density at radius 3 is 2.60 bits per heavy atom. The molecule has 2 aromatic rings. The van der Waals surface area contributed by atoms with Gasteiger partial charge in [0, 0.05) is 30.7 Å². The summed E-state index contributed by atoms with van der Waals surface area (Å²) in [4.78, 5) is 17.7. The minimum Gasteiger partial charge on any atom is -0.484 e. The Morgan fingerprint density at radius 1 is 1.10 bits per heavy atom. The summed E-state index contributed by atoms with van der Waals surface area (Å²) in [7, 11) is 0. The van der Waals surface area contributed by atoms with Gasteiger partial charge in [-0.1, -0.05) is 23.4 Å². The van der Waals surface area contributed by atoms with E-state index in [1.54, 1.807) is 0 Å². The van der Waals surface area contributed by atoms with Crippen LogP contribution < -0.4 is 4.74 Å². The van der Waals surface area contributed by atoms with Crippen LogP contribution in [0.15, 0.2) is 28.8 Å². The molecule has 6 heteroatoms. The molecule has 0 aliphatic carbocycles. The van der Waals surface area contributed by atoms with E-state index in [9.17, 15) is 4.79 Å². The monoisotopic (exact) mass is 411 g/mol. The third-order valence-corrected chi connectivity index (χ3v) is 6.92. The molecule has 4 rings (SSSR count). The van der Waals surface area contributed by atoms with Gasteiger partial charge in [0.2, 0.25) is 0 Å². The highest BCUT2D eigenvalue weighted by atomic mass is 16.5. The van der Waals surface area contributed by atoms with Gasteiger partial charge in [0.1, 0.15) is 11.5 Å². The first-order valence-electron chi connectivity index (χ1n) is 11.1. The molecule has 2 aliphatic heterocycles. The molecule has 0 N–H and O–H groups in total. The SMILES string of the molecule is Cc1ccccc1OCC(=O)N1CCCC12CCCN(Cc1c(C)noc1C)CC2. The van der Waals surface area contributed by atoms with Gasteiger partial charge in [-0.15, -0.1) is 0 Å². The molecule has 1 atom stereocenters. The summed E-state index contributed by atoms with van der Waals surface area (Å²) in [5.41, 5.74) is 3.24. The molecule has 30 heavy (non-hydrogen) atoms. The van der Waals surface area contributed by atoms with Crippen LogP contribution in [0.4, 0.5) is 0 Å². The molecule has 1 spiro atoms. The van der Waals surface area contributed by atoms with Crippen molar-refractivity contribution in [1.82, 2.24) is 15.0 Å². The molecule has 0 saturated carbocycles. The van der Waals surface area contributed by atoms with Crippen molar-refractivity contribution in [3.05, 3.63) is 46.8 Å². The standard InChI is InChI=1S/C24H33N3O3/c1-18-8-4-5-9-22(18)29-17-23(28)27-14-7-11-24(27)10-6-13-26(15-12-24)16-21-19(2)25-30-20(21)3/h4-5,8-9H,6-7,10-17H2,1-3H3. The molecular weight excluding hydrogens is 378 g/mol. The zero-order valence-electron chi connectivity index (χ0n) is 18.4. The van der Waals surface area contributed by atoms with Crippen LogP contribution in [0.2, 0.25) is 0 Å². The van der Waals surface area contributed by atoms with Crippen molar-refractivity contribution in [3.8, 4) is 5.75 Å². The Labute approximate surface area is 179 Å². The van der Waals surface area contributed by atoms with E-state index in [-0.39, 0.29) is 18.1 Å². The average molecular weight is 412 g/mol. The van der Waals surface area contributed by atoms with Crippen LogP contribution in [0, 0.1) is 20.8 Å². The lowest BCUT2D eigenvalue weighted by atomic mass is 9.87. The highest BCUT2D eigenvalue weighted by molar-refractivity contribution is 5.79. The van der Waals surface area contributed by atoms with Crippen molar-refractivity contribution in [2.24, 2.45) is 0 Å². The zero-order chi connectivity index (χ0) is 21.1. The van der Waals surface area contributed by atoms with E-state index in [0.717, 1.165) is 81.1 Å². The van der Waals surface area contributed by atoms with Crippen LogP contribution in [-0.4, -0.2) is 52.6 Å². The molecule has 2 fully saturated rings. The van der Waals surface area contributed by atoms with Gasteiger partial charge in [-0.25, -0.2) is 0 Å². The number of carbonyl (C=O) groups is 1. The van der Waals surface area contributed by atoms with Gasteiger partial charge in [-0.2, -0.15) is 0 Å². The maximum absolute atomic E-state index is 13.1. The predicted octanol–water partition coefficient (Wildman–Crippen LogP) is 4.03. The molecule has 1 unspecified atom stereocenters. The maximum atomic E-state index is 13.1. The first-order valence-corrected chi connectivity index (χ1v) is 11.1. The first kappa shape index (κ1) is 20.9. The number of aryl methyl sites for hydroxylation is 3. The van der Waals surface area contributed by atoms with E-state index in [1.807, 2.05) is 45.0 Å². The first-order chi connectivity index (χ1) is 14.5. The number of likely N-dealkylation sites (tertiary alicyclic amines) is 2. The second kappa shape index (κ2) is 8.80. The maximum Gasteiger partial charge on any atom is 0.260 e. The number of aromatic nitrogens is 1. The smallest absolute Gasteiger partial charge is 0.260 e. The summed E-state index contributed by atoms with van der Waals surface area (Å²) in [6, 6.07) is 7.87. The summed E-state index contributed by atoms with van der Waals surface area (Å²) in [6.07, 6.45) is 5.38. The van der Waals surface area contributed by atoms with E-state index in [1.165, 1.54) is 5.56 Å². The van der Waals surface area contributed by atoms with E-state index in [2.05, 4.69) is 15.0 Å². The van der Waals surface area contributed by atoms with E-state index in [0.29, 0.717) is 0 Å². The fourth-order valence-corrected chi connectivity index (χ4v) is 5.13. The van der Waals surface area contributed by atoms with Gasteiger partial charge in [0.15, 0.2) is 6.61 Å². The Kier molecular flexibility index (Phi) is 6.14. The summed E-state index contributed by atoms with van der Waals surface area (Å²) < 4.78 is 11.2. The van der Waals surface area contributed by atoms with Crippen LogP contribution in [0.1, 0.15) is 54.7 Å². The molecule has 1 aromatic heterocycles. The molecule has 0 bridgehead atoms.